The molecule has 0 saturated heterocycles. The fraction of sp³-hybridized carbons (Fsp3) is 0.407. The van der Waals surface area contributed by atoms with Crippen molar-refractivity contribution < 1.29 is 4.79 Å². The highest BCUT2D eigenvalue weighted by molar-refractivity contribution is 7.99. The number of amides is 1. The summed E-state index contributed by atoms with van der Waals surface area (Å²) in [5.41, 5.74) is 5.33. The Morgan fingerprint density at radius 3 is 2.64 bits per heavy atom. The summed E-state index contributed by atoms with van der Waals surface area (Å²) in [6, 6.07) is 14.4. The number of nitrogens with one attached hydrogen (secondary N) is 1. The fourth-order valence-corrected chi connectivity index (χ4v) is 5.56. The van der Waals surface area contributed by atoms with Gasteiger partial charge in [-0.1, -0.05) is 79.9 Å². The number of carbonyl (C=O) groups excluding carboxylic acids is 1. The molecule has 0 unspecified atom stereocenters. The third kappa shape index (κ3) is 5.64. The molecule has 2 aromatic carbocycles. The Bertz CT molecular complexity index is 1120. The number of hydrogen-bond acceptors (Lipinski definition) is 3. The monoisotopic (exact) mass is 481 g/mol. The summed E-state index contributed by atoms with van der Waals surface area (Å²) in [6.07, 6.45) is 5.56. The SMILES string of the molecule is Cc1ccc(-n2cc(-c3ccc(Cl)cc3)nc2SCC(=O)N[C@@H]2CCC[C@@H](C)[C@H]2C)c(C)c1. The van der Waals surface area contributed by atoms with Gasteiger partial charge in [-0.05, 0) is 55.9 Å². The second kappa shape index (κ2) is 10.4. The van der Waals surface area contributed by atoms with E-state index in [1.54, 1.807) is 0 Å². The lowest BCUT2D eigenvalue weighted by atomic mass is 9.78. The molecule has 1 aliphatic rings. The maximum Gasteiger partial charge on any atom is 0.230 e. The largest absolute Gasteiger partial charge is 0.352 e. The minimum atomic E-state index is 0.0779. The number of aryl methyl sites for hydroxylation is 2. The number of nitrogens with zero attached hydrogens (tertiary/aromatic N) is 2. The van der Waals surface area contributed by atoms with Gasteiger partial charge >= 0.3 is 0 Å². The van der Waals surface area contributed by atoms with Crippen molar-refractivity contribution in [1.29, 1.82) is 0 Å². The summed E-state index contributed by atoms with van der Waals surface area (Å²) in [7, 11) is 0. The summed E-state index contributed by atoms with van der Waals surface area (Å²) in [6.45, 7) is 8.75. The van der Waals surface area contributed by atoms with E-state index in [9.17, 15) is 4.79 Å². The molecule has 1 heterocycles. The van der Waals surface area contributed by atoms with Crippen LogP contribution >= 0.6 is 23.4 Å². The molecular weight excluding hydrogens is 450 g/mol. The average Bonchev–Trinajstić information content (AvgIpc) is 3.20. The van der Waals surface area contributed by atoms with Crippen LogP contribution in [0.4, 0.5) is 0 Å². The van der Waals surface area contributed by atoms with Crippen molar-refractivity contribution in [3.8, 4) is 16.9 Å². The highest BCUT2D eigenvalue weighted by atomic mass is 35.5. The zero-order valence-electron chi connectivity index (χ0n) is 19.8. The lowest BCUT2D eigenvalue weighted by molar-refractivity contribution is -0.120. The van der Waals surface area contributed by atoms with E-state index in [0.717, 1.165) is 28.5 Å². The third-order valence-corrected chi connectivity index (χ3v) is 8.02. The van der Waals surface area contributed by atoms with Gasteiger partial charge in [0, 0.05) is 22.8 Å². The lowest BCUT2D eigenvalue weighted by Crippen LogP contribution is -2.44. The van der Waals surface area contributed by atoms with Crippen LogP contribution in [0.5, 0.6) is 0 Å². The smallest absolute Gasteiger partial charge is 0.230 e. The first-order valence-corrected chi connectivity index (χ1v) is 13.0. The van der Waals surface area contributed by atoms with Crippen LogP contribution in [0.2, 0.25) is 5.02 Å². The van der Waals surface area contributed by atoms with Crippen LogP contribution in [0.1, 0.15) is 44.2 Å². The van der Waals surface area contributed by atoms with E-state index in [2.05, 4.69) is 55.8 Å². The highest BCUT2D eigenvalue weighted by Gasteiger charge is 2.28. The molecule has 4 nitrogen and oxygen atoms in total. The minimum Gasteiger partial charge on any atom is -0.352 e. The second-order valence-electron chi connectivity index (χ2n) is 9.31. The van der Waals surface area contributed by atoms with Gasteiger partial charge in [-0.25, -0.2) is 4.98 Å². The van der Waals surface area contributed by atoms with Crippen molar-refractivity contribution in [2.24, 2.45) is 11.8 Å². The van der Waals surface area contributed by atoms with E-state index < -0.39 is 0 Å². The lowest BCUT2D eigenvalue weighted by Gasteiger charge is -2.34. The Kier molecular flexibility index (Phi) is 7.50. The van der Waals surface area contributed by atoms with Gasteiger partial charge < -0.3 is 5.32 Å². The second-order valence-corrected chi connectivity index (χ2v) is 10.7. The molecule has 1 aromatic heterocycles. The summed E-state index contributed by atoms with van der Waals surface area (Å²) in [5, 5.41) is 4.79. The Labute approximate surface area is 206 Å². The van der Waals surface area contributed by atoms with Gasteiger partial charge in [0.1, 0.15) is 0 Å². The molecule has 1 fully saturated rings. The quantitative estimate of drug-likeness (QED) is 0.392. The fourth-order valence-electron chi connectivity index (χ4n) is 4.64. The molecule has 0 spiro atoms. The number of carbonyl (C=O) groups is 1. The maximum atomic E-state index is 12.8. The number of imidazole rings is 1. The zero-order valence-corrected chi connectivity index (χ0v) is 21.3. The van der Waals surface area contributed by atoms with Gasteiger partial charge in [0.25, 0.3) is 0 Å². The molecule has 174 valence electrons. The van der Waals surface area contributed by atoms with Crippen LogP contribution in [0.15, 0.2) is 53.8 Å². The maximum absolute atomic E-state index is 12.8. The molecule has 0 aliphatic heterocycles. The van der Waals surface area contributed by atoms with Crippen molar-refractivity contribution in [2.45, 2.75) is 58.2 Å². The van der Waals surface area contributed by atoms with Crippen molar-refractivity contribution in [1.82, 2.24) is 14.9 Å². The van der Waals surface area contributed by atoms with Gasteiger partial charge in [-0.3, -0.25) is 9.36 Å². The normalized spacial score (nSPS) is 20.6. The molecule has 1 amide bonds. The van der Waals surface area contributed by atoms with E-state index >= 15 is 0 Å². The number of hydrogen-bond donors (Lipinski definition) is 1. The van der Waals surface area contributed by atoms with Crippen LogP contribution < -0.4 is 5.32 Å². The van der Waals surface area contributed by atoms with Crippen molar-refractivity contribution in [3.63, 3.8) is 0 Å². The zero-order chi connectivity index (χ0) is 23.5. The Morgan fingerprint density at radius 1 is 1.15 bits per heavy atom. The van der Waals surface area contributed by atoms with Crippen LogP contribution in [0.3, 0.4) is 0 Å². The van der Waals surface area contributed by atoms with Crippen LogP contribution in [-0.2, 0) is 4.79 Å². The molecule has 3 atom stereocenters. The van der Waals surface area contributed by atoms with Crippen molar-refractivity contribution in [2.75, 3.05) is 5.75 Å². The van der Waals surface area contributed by atoms with Crippen molar-refractivity contribution >= 4 is 29.3 Å². The third-order valence-electron chi connectivity index (χ3n) is 6.81. The predicted octanol–water partition coefficient (Wildman–Crippen LogP) is 6.84. The topological polar surface area (TPSA) is 46.9 Å². The van der Waals surface area contributed by atoms with E-state index in [-0.39, 0.29) is 11.9 Å². The molecule has 4 rings (SSSR count). The Morgan fingerprint density at radius 2 is 1.91 bits per heavy atom. The van der Waals surface area contributed by atoms with Crippen molar-refractivity contribution in [3.05, 3.63) is 64.8 Å². The number of aromatic nitrogens is 2. The molecule has 33 heavy (non-hydrogen) atoms. The average molecular weight is 482 g/mol. The first-order chi connectivity index (χ1) is 15.8. The number of rotatable bonds is 6. The number of thioether (sulfide) groups is 1. The van der Waals surface area contributed by atoms with E-state index in [1.165, 1.54) is 35.7 Å². The molecule has 3 aromatic rings. The van der Waals surface area contributed by atoms with Gasteiger partial charge in [-0.15, -0.1) is 0 Å². The number of benzene rings is 2. The standard InChI is InChI=1S/C27H32ClN3OS/c1-17-8-13-25(19(3)14-17)31-15-24(21-9-11-22(28)12-10-21)30-27(31)33-16-26(32)29-23-7-5-6-18(2)20(23)4/h8-15,18,20,23H,5-7,16H2,1-4H3,(H,29,32)/t18-,20-,23-/m1/s1. The summed E-state index contributed by atoms with van der Waals surface area (Å²) >= 11 is 7.56. The first-order valence-electron chi connectivity index (χ1n) is 11.7. The van der Waals surface area contributed by atoms with E-state index in [0.29, 0.717) is 22.6 Å². The summed E-state index contributed by atoms with van der Waals surface area (Å²) in [4.78, 5) is 17.7. The molecule has 1 N–H and O–H groups in total. The Balaban J connectivity index is 1.56. The molecule has 1 aliphatic carbocycles. The molecule has 1 saturated carbocycles. The predicted molar refractivity (Wildman–Crippen MR) is 138 cm³/mol. The van der Waals surface area contributed by atoms with Crippen LogP contribution in [0, 0.1) is 25.7 Å². The summed E-state index contributed by atoms with van der Waals surface area (Å²) < 4.78 is 2.10. The molecule has 6 heteroatoms. The van der Waals surface area contributed by atoms with Gasteiger partial charge in [-0.2, -0.15) is 0 Å². The van der Waals surface area contributed by atoms with Crippen LogP contribution in [-0.4, -0.2) is 27.3 Å². The molecular formula is C27H32ClN3OS. The minimum absolute atomic E-state index is 0.0779. The Hall–Kier alpha value is -2.24. The van der Waals surface area contributed by atoms with E-state index in [1.807, 2.05) is 30.5 Å². The molecule has 0 bridgehead atoms. The highest BCUT2D eigenvalue weighted by Crippen LogP contribution is 2.31. The number of halogens is 1. The van der Waals surface area contributed by atoms with E-state index in [4.69, 9.17) is 16.6 Å². The van der Waals surface area contributed by atoms with Gasteiger partial charge in [0.05, 0.1) is 17.1 Å². The van der Waals surface area contributed by atoms with Crippen LogP contribution in [0.25, 0.3) is 16.9 Å². The summed E-state index contributed by atoms with van der Waals surface area (Å²) in [5.74, 6) is 1.59. The molecule has 0 radical (unpaired) electrons. The van der Waals surface area contributed by atoms with Gasteiger partial charge in [0.15, 0.2) is 5.16 Å². The first kappa shape index (κ1) is 23.9. The van der Waals surface area contributed by atoms with Gasteiger partial charge in [0.2, 0.25) is 5.91 Å².